The van der Waals surface area contributed by atoms with Gasteiger partial charge in [-0.15, -0.1) is 30.3 Å². The van der Waals surface area contributed by atoms with E-state index >= 15 is 0 Å². The van der Waals surface area contributed by atoms with Gasteiger partial charge in [-0.3, -0.25) is 0 Å². The van der Waals surface area contributed by atoms with E-state index in [4.69, 9.17) is 4.74 Å². The minimum absolute atomic E-state index is 0.294. The molecule has 0 heterocycles. The zero-order valence-electron chi connectivity index (χ0n) is 9.80. The third-order valence-electron chi connectivity index (χ3n) is 2.14. The van der Waals surface area contributed by atoms with Gasteiger partial charge in [-0.25, -0.2) is 0 Å². The number of hydrogen-bond donors (Lipinski definition) is 0. The van der Waals surface area contributed by atoms with Crippen molar-refractivity contribution in [2.45, 2.75) is 6.61 Å². The number of benzene rings is 2. The molecule has 0 aliphatic heterocycles. The van der Waals surface area contributed by atoms with Crippen molar-refractivity contribution in [2.24, 2.45) is 0 Å². The molecule has 0 fully saturated rings. The molecule has 2 nitrogen and oxygen atoms in total. The molecule has 0 saturated heterocycles. The van der Waals surface area contributed by atoms with Crippen LogP contribution >= 0.6 is 19.8 Å². The molecular weight excluding hydrogens is 392 g/mol. The van der Waals surface area contributed by atoms with Gasteiger partial charge in [0.1, 0.15) is 6.61 Å². The predicted octanol–water partition coefficient (Wildman–Crippen LogP) is 3.73. The van der Waals surface area contributed by atoms with Crippen molar-refractivity contribution < 1.29 is 24.3 Å². The van der Waals surface area contributed by atoms with Gasteiger partial charge >= 0.3 is 34.5 Å². The van der Waals surface area contributed by atoms with Gasteiger partial charge in [0, 0.05) is 0 Å². The molecule has 2 aromatic rings. The van der Waals surface area contributed by atoms with E-state index < -0.39 is 0 Å². The Morgan fingerprint density at radius 1 is 1.11 bits per heavy atom. The first kappa shape index (κ1) is 15.3. The second-order valence-corrected chi connectivity index (χ2v) is 3.34. The van der Waals surface area contributed by atoms with Gasteiger partial charge in [-0.1, -0.05) is 35.9 Å². The molecule has 0 aliphatic carbocycles. The van der Waals surface area contributed by atoms with E-state index in [0.29, 0.717) is 12.2 Å². The van der Waals surface area contributed by atoms with Crippen LogP contribution in [0.4, 0.5) is 0 Å². The summed E-state index contributed by atoms with van der Waals surface area (Å²) in [5, 5.41) is 0. The van der Waals surface area contributed by atoms with Gasteiger partial charge in [0.15, 0.2) is 0 Å². The van der Waals surface area contributed by atoms with E-state index in [-0.39, 0.29) is 5.97 Å². The third kappa shape index (κ3) is 5.27. The molecule has 4 heteroatoms. The summed E-state index contributed by atoms with van der Waals surface area (Å²) in [6.07, 6.45) is 0. The number of carbonyl (C=O) groups excluding carboxylic acids is 1. The van der Waals surface area contributed by atoms with Gasteiger partial charge in [0.25, 0.3) is 0 Å². The van der Waals surface area contributed by atoms with Crippen LogP contribution in [0.15, 0.2) is 54.6 Å². The summed E-state index contributed by atoms with van der Waals surface area (Å²) in [5.41, 5.74) is 1.44. The Labute approximate surface area is 128 Å². The maximum absolute atomic E-state index is 11.6. The molecule has 0 aliphatic rings. The number of hydrogen-bond acceptors (Lipinski definition) is 2. The zero-order valence-corrected chi connectivity index (χ0v) is 14.9. The van der Waals surface area contributed by atoms with Crippen molar-refractivity contribution in [3.8, 4) is 0 Å². The molecule has 0 radical (unpaired) electrons. The molecule has 0 saturated carbocycles. The van der Waals surface area contributed by atoms with Crippen molar-refractivity contribution >= 4 is 25.7 Å². The Hall–Kier alpha value is -0.737. The monoisotopic (exact) mass is 402 g/mol. The molecule has 0 N–H and O–H groups in total. The van der Waals surface area contributed by atoms with Gasteiger partial charge in [-0.05, 0) is 5.56 Å². The average molecular weight is 404 g/mol. The van der Waals surface area contributed by atoms with E-state index in [1.165, 1.54) is 14.8 Å². The number of ether oxygens (including phenoxy) is 1. The number of halogens is 1. The van der Waals surface area contributed by atoms with Crippen molar-refractivity contribution in [2.75, 3.05) is 0 Å². The van der Waals surface area contributed by atoms with E-state index in [9.17, 15) is 4.79 Å². The Morgan fingerprint density at radius 3 is 2.39 bits per heavy atom. The fraction of sp³-hybridized carbons (Fsp3) is 0.0714. The molecule has 88 valence electrons. The fourth-order valence-electron chi connectivity index (χ4n) is 1.32. The van der Waals surface area contributed by atoms with Crippen LogP contribution in [0.1, 0.15) is 15.9 Å². The van der Waals surface area contributed by atoms with Crippen LogP contribution in [0.2, 0.25) is 0 Å². The maximum atomic E-state index is 11.6. The second kappa shape index (κ2) is 9.23. The van der Waals surface area contributed by atoms with Crippen LogP contribution in [0.3, 0.4) is 0 Å². The first-order valence-corrected chi connectivity index (χ1v) is 14.4. The fourth-order valence-corrected chi connectivity index (χ4v) is 1.32. The van der Waals surface area contributed by atoms with E-state index in [2.05, 4.69) is 25.8 Å². The Bertz CT molecular complexity index is 460. The van der Waals surface area contributed by atoms with Crippen LogP contribution in [0, 0.1) is 6.07 Å². The summed E-state index contributed by atoms with van der Waals surface area (Å²) >= 11 is 3.62. The SMILES string of the molecule is O=C(OCc1ccccc1)c1[c-]cccc1.[Zn+][I]. The summed E-state index contributed by atoms with van der Waals surface area (Å²) in [6.45, 7) is 0.294. The summed E-state index contributed by atoms with van der Waals surface area (Å²) in [7, 11) is 0. The van der Waals surface area contributed by atoms with Crippen molar-refractivity contribution in [3.63, 3.8) is 0 Å². The first-order valence-electron chi connectivity index (χ1n) is 5.31. The molecule has 0 spiro atoms. The molecule has 2 aromatic carbocycles. The van der Waals surface area contributed by atoms with Gasteiger partial charge in [0.05, 0.1) is 0 Å². The Kier molecular flexibility index (Phi) is 7.85. The molecule has 18 heavy (non-hydrogen) atoms. The summed E-state index contributed by atoms with van der Waals surface area (Å²) < 4.78 is 5.14. The molecule has 0 atom stereocenters. The van der Waals surface area contributed by atoms with Crippen molar-refractivity contribution in [1.82, 2.24) is 0 Å². The topological polar surface area (TPSA) is 26.3 Å². The summed E-state index contributed by atoms with van der Waals surface area (Å²) in [5.74, 6) is -0.343. The third-order valence-corrected chi connectivity index (χ3v) is 2.14. The van der Waals surface area contributed by atoms with Crippen LogP contribution in [-0.2, 0) is 26.1 Å². The van der Waals surface area contributed by atoms with Crippen molar-refractivity contribution in [1.29, 1.82) is 0 Å². The zero-order chi connectivity index (χ0) is 13.2. The minimum atomic E-state index is -0.343. The van der Waals surface area contributed by atoms with E-state index in [1.807, 2.05) is 36.4 Å². The van der Waals surface area contributed by atoms with Gasteiger partial charge in [-0.2, -0.15) is 0 Å². The number of esters is 1. The first-order chi connectivity index (χ1) is 8.86. The quantitative estimate of drug-likeness (QED) is 0.338. The molecular formula is C14H11IO2Zn. The Balaban J connectivity index is 0.000000771. The molecule has 0 bridgehead atoms. The normalized spacial score (nSPS) is 9.06. The van der Waals surface area contributed by atoms with Crippen LogP contribution in [0.25, 0.3) is 0 Å². The molecule has 2 rings (SSSR count). The van der Waals surface area contributed by atoms with Crippen LogP contribution in [0.5, 0.6) is 0 Å². The molecule has 0 aromatic heterocycles. The predicted molar refractivity (Wildman–Crippen MR) is 74.9 cm³/mol. The van der Waals surface area contributed by atoms with Crippen molar-refractivity contribution in [3.05, 3.63) is 71.8 Å². The molecule has 0 unspecified atom stereocenters. The van der Waals surface area contributed by atoms with Crippen LogP contribution < -0.4 is 0 Å². The van der Waals surface area contributed by atoms with Gasteiger partial charge in [0.2, 0.25) is 5.97 Å². The van der Waals surface area contributed by atoms with Crippen LogP contribution in [-0.4, -0.2) is 5.97 Å². The Morgan fingerprint density at radius 2 is 1.78 bits per heavy atom. The molecule has 0 amide bonds. The van der Waals surface area contributed by atoms with Gasteiger partial charge < -0.3 is 9.53 Å². The average Bonchev–Trinajstić information content (AvgIpc) is 2.49. The second-order valence-electron chi connectivity index (χ2n) is 3.34. The number of carbonyl (C=O) groups is 1. The standard InChI is InChI=1S/C14H11O2.HI.Zn/c15-14(13-9-5-2-6-10-13)16-11-12-7-3-1-4-8-12;;/h1-9H,11H2;1H;/q-1;;+2/p-1. The summed E-state index contributed by atoms with van der Waals surface area (Å²) in [4.78, 5) is 11.6. The summed E-state index contributed by atoms with van der Waals surface area (Å²) in [6, 6.07) is 19.4. The number of rotatable bonds is 3. The van der Waals surface area contributed by atoms with E-state index in [0.717, 1.165) is 5.56 Å². The van der Waals surface area contributed by atoms with E-state index in [1.54, 1.807) is 18.2 Å².